The first-order valence-corrected chi connectivity index (χ1v) is 8.12. The van der Waals surface area contributed by atoms with E-state index in [1.165, 1.54) is 19.1 Å². The van der Waals surface area contributed by atoms with Gasteiger partial charge in [-0.05, 0) is 63.2 Å². The zero-order valence-corrected chi connectivity index (χ0v) is 13.8. The van der Waals surface area contributed by atoms with Gasteiger partial charge in [0.05, 0.1) is 7.11 Å². The van der Waals surface area contributed by atoms with Crippen LogP contribution in [-0.4, -0.2) is 35.2 Å². The maximum absolute atomic E-state index is 12.0. The van der Waals surface area contributed by atoms with Gasteiger partial charge in [0, 0.05) is 17.8 Å². The van der Waals surface area contributed by atoms with Crippen molar-refractivity contribution in [2.24, 2.45) is 0 Å². The van der Waals surface area contributed by atoms with Crippen molar-refractivity contribution >= 4 is 6.09 Å². The van der Waals surface area contributed by atoms with Crippen LogP contribution in [0.1, 0.15) is 43.5 Å². The Kier molecular flexibility index (Phi) is 4.38. The van der Waals surface area contributed by atoms with Crippen LogP contribution in [-0.2, 0) is 4.74 Å². The highest BCUT2D eigenvalue weighted by molar-refractivity contribution is 5.69. The predicted octanol–water partition coefficient (Wildman–Crippen LogP) is 3.45. The number of rotatable bonds is 0. The summed E-state index contributed by atoms with van der Waals surface area (Å²) in [5.74, 6) is 6.23. The second-order valence-corrected chi connectivity index (χ2v) is 6.36. The van der Waals surface area contributed by atoms with Gasteiger partial charge in [0.25, 0.3) is 0 Å². The van der Waals surface area contributed by atoms with Crippen molar-refractivity contribution in [1.29, 1.82) is 0 Å². The fourth-order valence-electron chi connectivity index (χ4n) is 3.47. The number of ether oxygens (including phenoxy) is 1. The summed E-state index contributed by atoms with van der Waals surface area (Å²) < 4.78 is 4.94. The largest absolute Gasteiger partial charge is 0.453 e. The molecule has 0 N–H and O–H groups in total. The Morgan fingerprint density at radius 3 is 2.91 bits per heavy atom. The first kappa shape index (κ1) is 15.6. The molecule has 120 valence electrons. The Bertz CT molecular complexity index is 693. The molecule has 4 heteroatoms. The summed E-state index contributed by atoms with van der Waals surface area (Å²) in [4.78, 5) is 18.3. The summed E-state index contributed by atoms with van der Waals surface area (Å²) in [5, 5.41) is 0. The summed E-state index contributed by atoms with van der Waals surface area (Å²) in [6.07, 6.45) is 6.90. The van der Waals surface area contributed by atoms with Gasteiger partial charge in [0.15, 0.2) is 0 Å². The molecule has 0 atom stereocenters. The molecular weight excluding hydrogens is 288 g/mol. The molecule has 1 amide bonds. The maximum atomic E-state index is 12.0. The Morgan fingerprint density at radius 1 is 1.43 bits per heavy atom. The molecule has 1 aliphatic heterocycles. The van der Waals surface area contributed by atoms with E-state index >= 15 is 0 Å². The van der Waals surface area contributed by atoms with Crippen LogP contribution in [0.5, 0.6) is 0 Å². The number of nitrogens with zero attached hydrogens (tertiary/aromatic N) is 2. The number of hydrogen-bond donors (Lipinski definition) is 0. The topological polar surface area (TPSA) is 42.4 Å². The van der Waals surface area contributed by atoms with Gasteiger partial charge in [-0.1, -0.05) is 17.6 Å². The molecule has 0 unspecified atom stereocenters. The predicted molar refractivity (Wildman–Crippen MR) is 88.9 cm³/mol. The number of likely N-dealkylation sites (tertiary alicyclic amines) is 1. The molecule has 1 saturated heterocycles. The zero-order valence-electron chi connectivity index (χ0n) is 13.8. The minimum absolute atomic E-state index is 0.0273. The van der Waals surface area contributed by atoms with Crippen molar-refractivity contribution < 1.29 is 9.53 Å². The third kappa shape index (κ3) is 3.24. The fraction of sp³-hybridized carbons (Fsp3) is 0.474. The van der Waals surface area contributed by atoms with Gasteiger partial charge in [0.1, 0.15) is 5.69 Å². The van der Waals surface area contributed by atoms with E-state index in [0.29, 0.717) is 0 Å². The summed E-state index contributed by atoms with van der Waals surface area (Å²) in [6.45, 7) is 2.69. The summed E-state index contributed by atoms with van der Waals surface area (Å²) in [7, 11) is 1.46. The van der Waals surface area contributed by atoms with E-state index in [1.54, 1.807) is 0 Å². The third-order valence-corrected chi connectivity index (χ3v) is 4.83. The molecule has 2 fully saturated rings. The normalized spacial score (nSPS) is 20.6. The molecule has 1 aliphatic carbocycles. The molecule has 23 heavy (non-hydrogen) atoms. The van der Waals surface area contributed by atoms with Crippen LogP contribution in [0.4, 0.5) is 4.79 Å². The van der Waals surface area contributed by atoms with Crippen LogP contribution >= 0.6 is 0 Å². The highest BCUT2D eigenvalue weighted by atomic mass is 16.5. The number of carbonyl (C=O) groups excluding carboxylic acids is 1. The number of pyridine rings is 1. The average Bonchev–Trinajstić information content (AvgIpc) is 2.52. The molecule has 0 aromatic carbocycles. The van der Waals surface area contributed by atoms with Crippen LogP contribution in [0, 0.1) is 18.8 Å². The molecule has 1 aromatic heterocycles. The average molecular weight is 310 g/mol. The molecule has 1 saturated carbocycles. The lowest BCUT2D eigenvalue weighted by molar-refractivity contribution is 0.00389. The quantitative estimate of drug-likeness (QED) is 0.689. The first-order chi connectivity index (χ1) is 11.1. The number of allylic oxidation sites excluding steroid dienone is 1. The molecule has 2 aliphatic rings. The minimum atomic E-state index is -0.196. The summed E-state index contributed by atoms with van der Waals surface area (Å²) >= 11 is 0. The van der Waals surface area contributed by atoms with Crippen molar-refractivity contribution in [2.45, 2.75) is 44.6 Å². The molecule has 1 aromatic rings. The molecule has 4 nitrogen and oxygen atoms in total. The van der Waals surface area contributed by atoms with E-state index in [1.807, 2.05) is 36.1 Å². The van der Waals surface area contributed by atoms with Crippen molar-refractivity contribution in [3.05, 3.63) is 41.2 Å². The molecule has 3 rings (SSSR count). The number of aromatic nitrogens is 1. The van der Waals surface area contributed by atoms with E-state index < -0.39 is 0 Å². The Balaban J connectivity index is 1.72. The van der Waals surface area contributed by atoms with Crippen molar-refractivity contribution in [3.8, 4) is 11.8 Å². The van der Waals surface area contributed by atoms with E-state index in [2.05, 4.69) is 16.8 Å². The van der Waals surface area contributed by atoms with Crippen molar-refractivity contribution in [3.63, 3.8) is 0 Å². The second-order valence-electron chi connectivity index (χ2n) is 6.36. The number of hydrogen-bond acceptors (Lipinski definition) is 3. The van der Waals surface area contributed by atoms with Crippen LogP contribution in [0.2, 0.25) is 0 Å². The maximum Gasteiger partial charge on any atom is 0.409 e. The highest BCUT2D eigenvalue weighted by Crippen LogP contribution is 2.46. The third-order valence-electron chi connectivity index (χ3n) is 4.83. The number of methoxy groups -OCH3 is 1. The number of aryl methyl sites for hydroxylation is 1. The van der Waals surface area contributed by atoms with Crippen molar-refractivity contribution in [1.82, 2.24) is 9.88 Å². The highest BCUT2D eigenvalue weighted by Gasteiger charge is 2.47. The lowest BCUT2D eigenvalue weighted by Crippen LogP contribution is -2.58. The molecule has 1 spiro atoms. The number of carbonyl (C=O) groups is 1. The molecular formula is C19H22N2O2. The Morgan fingerprint density at radius 2 is 2.26 bits per heavy atom. The van der Waals surface area contributed by atoms with Gasteiger partial charge in [-0.25, -0.2) is 9.78 Å². The first-order valence-electron chi connectivity index (χ1n) is 8.12. The summed E-state index contributed by atoms with van der Waals surface area (Å²) in [6, 6.07) is 5.86. The number of amides is 1. The lowest BCUT2D eigenvalue weighted by Gasteiger charge is -2.52. The zero-order chi connectivity index (χ0) is 16.3. The van der Waals surface area contributed by atoms with Gasteiger partial charge in [-0.15, -0.1) is 0 Å². The Labute approximate surface area is 137 Å². The van der Waals surface area contributed by atoms with Crippen LogP contribution in [0.25, 0.3) is 0 Å². The molecule has 0 bridgehead atoms. The number of piperidine rings is 1. The smallest absolute Gasteiger partial charge is 0.409 e. The van der Waals surface area contributed by atoms with Gasteiger partial charge in [0.2, 0.25) is 0 Å². The van der Waals surface area contributed by atoms with E-state index in [0.717, 1.165) is 43.6 Å². The van der Waals surface area contributed by atoms with Gasteiger partial charge >= 0.3 is 6.09 Å². The molecule has 0 radical (unpaired) electrons. The SMILES string of the molecule is COC(=O)N1CC/C(=C/C#Cc2cccc(C)n2)CC12CCC2. The Hall–Kier alpha value is -2.28. The van der Waals surface area contributed by atoms with Gasteiger partial charge < -0.3 is 9.64 Å². The minimum Gasteiger partial charge on any atom is -0.453 e. The standard InChI is InChI=1S/C19H22N2O2/c1-15-6-3-8-17(20-15)9-4-7-16-10-13-21(18(22)23-2)19(14-16)11-5-12-19/h3,6-8H,5,10-14H2,1-2H3/b16-7-. The van der Waals surface area contributed by atoms with Gasteiger partial charge in [-0.2, -0.15) is 0 Å². The second kappa shape index (κ2) is 6.45. The fourth-order valence-corrected chi connectivity index (χ4v) is 3.47. The van der Waals surface area contributed by atoms with E-state index in [9.17, 15) is 4.79 Å². The van der Waals surface area contributed by atoms with E-state index in [4.69, 9.17) is 4.74 Å². The van der Waals surface area contributed by atoms with Crippen molar-refractivity contribution in [2.75, 3.05) is 13.7 Å². The van der Waals surface area contributed by atoms with Crippen LogP contribution in [0.3, 0.4) is 0 Å². The monoisotopic (exact) mass is 310 g/mol. The van der Waals surface area contributed by atoms with E-state index in [-0.39, 0.29) is 11.6 Å². The summed E-state index contributed by atoms with van der Waals surface area (Å²) in [5.41, 5.74) is 3.07. The van der Waals surface area contributed by atoms with Gasteiger partial charge in [-0.3, -0.25) is 0 Å². The van der Waals surface area contributed by atoms with Crippen LogP contribution in [0.15, 0.2) is 29.8 Å². The molecule has 2 heterocycles. The van der Waals surface area contributed by atoms with Crippen LogP contribution < -0.4 is 0 Å². The lowest BCUT2D eigenvalue weighted by atomic mass is 9.69.